The number of hydrogen-bond donors (Lipinski definition) is 0. The summed E-state index contributed by atoms with van der Waals surface area (Å²) in [4.78, 5) is 31.5. The minimum Gasteiger partial charge on any atom is -0.368 e. The summed E-state index contributed by atoms with van der Waals surface area (Å²) in [5.41, 5.74) is 2.49. The first-order chi connectivity index (χ1) is 13.1. The number of carbonyl (C=O) groups is 2. The molecule has 2 heterocycles. The van der Waals surface area contributed by atoms with Crippen LogP contribution in [0.25, 0.3) is 0 Å². The minimum absolute atomic E-state index is 0.275. The van der Waals surface area contributed by atoms with E-state index in [1.165, 1.54) is 36.9 Å². The highest BCUT2D eigenvalue weighted by Crippen LogP contribution is 2.36. The number of nitrogens with zero attached hydrogens (tertiary/aromatic N) is 3. The van der Waals surface area contributed by atoms with Crippen LogP contribution in [-0.4, -0.2) is 60.9 Å². The van der Waals surface area contributed by atoms with Gasteiger partial charge in [-0.15, -0.1) is 0 Å². The summed E-state index contributed by atoms with van der Waals surface area (Å²) in [6.07, 6.45) is 6.21. The van der Waals surface area contributed by atoms with Gasteiger partial charge in [0.15, 0.2) is 0 Å². The molecule has 1 saturated carbocycles. The molecule has 0 N–H and O–H groups in total. The predicted molar refractivity (Wildman–Crippen MR) is 107 cm³/mol. The average molecular weight is 370 g/mol. The third kappa shape index (κ3) is 3.83. The molecule has 5 nitrogen and oxygen atoms in total. The SMILES string of the molecule is Cc1ccccc1N1CCN(C(=O)C(=O)N2CCC3CCCCC3C2)CC1. The van der Waals surface area contributed by atoms with Crippen molar-refractivity contribution in [2.45, 2.75) is 39.0 Å². The molecule has 2 atom stereocenters. The number of para-hydroxylation sites is 1. The average Bonchev–Trinajstić information content (AvgIpc) is 2.73. The Kier molecular flexibility index (Phi) is 5.37. The molecule has 2 saturated heterocycles. The van der Waals surface area contributed by atoms with E-state index in [4.69, 9.17) is 0 Å². The van der Waals surface area contributed by atoms with Crippen LogP contribution in [-0.2, 0) is 9.59 Å². The van der Waals surface area contributed by atoms with Gasteiger partial charge in [-0.05, 0) is 43.2 Å². The van der Waals surface area contributed by atoms with E-state index in [1.54, 1.807) is 4.90 Å². The van der Waals surface area contributed by atoms with Crippen molar-refractivity contribution < 1.29 is 9.59 Å². The molecule has 3 aliphatic rings. The van der Waals surface area contributed by atoms with Gasteiger partial charge in [0.05, 0.1) is 0 Å². The summed E-state index contributed by atoms with van der Waals surface area (Å²) >= 11 is 0. The monoisotopic (exact) mass is 369 g/mol. The summed E-state index contributed by atoms with van der Waals surface area (Å²) in [6, 6.07) is 8.35. The Morgan fingerprint density at radius 2 is 1.48 bits per heavy atom. The summed E-state index contributed by atoms with van der Waals surface area (Å²) in [7, 11) is 0. The van der Waals surface area contributed by atoms with Gasteiger partial charge in [-0.2, -0.15) is 0 Å². The second-order valence-corrected chi connectivity index (χ2v) is 8.41. The fourth-order valence-corrected chi connectivity index (χ4v) is 5.12. The van der Waals surface area contributed by atoms with Crippen molar-refractivity contribution in [3.05, 3.63) is 29.8 Å². The van der Waals surface area contributed by atoms with E-state index >= 15 is 0 Å². The molecule has 1 aromatic carbocycles. The van der Waals surface area contributed by atoms with Gasteiger partial charge in [0, 0.05) is 45.0 Å². The van der Waals surface area contributed by atoms with Crippen LogP contribution < -0.4 is 4.90 Å². The molecule has 5 heteroatoms. The van der Waals surface area contributed by atoms with E-state index in [0.717, 1.165) is 38.5 Å². The third-order valence-electron chi connectivity index (χ3n) is 6.78. The van der Waals surface area contributed by atoms with E-state index in [-0.39, 0.29) is 11.8 Å². The number of aryl methyl sites for hydroxylation is 1. The Morgan fingerprint density at radius 1 is 0.815 bits per heavy atom. The van der Waals surface area contributed by atoms with Gasteiger partial charge in [0.2, 0.25) is 0 Å². The van der Waals surface area contributed by atoms with E-state index in [0.29, 0.717) is 19.0 Å². The van der Waals surface area contributed by atoms with Crippen molar-refractivity contribution in [3.63, 3.8) is 0 Å². The van der Waals surface area contributed by atoms with Crippen LogP contribution >= 0.6 is 0 Å². The lowest BCUT2D eigenvalue weighted by Gasteiger charge is -2.42. The molecule has 2 amide bonds. The highest BCUT2D eigenvalue weighted by Gasteiger charge is 2.36. The molecular weight excluding hydrogens is 338 g/mol. The number of benzene rings is 1. The first-order valence-corrected chi connectivity index (χ1v) is 10.5. The van der Waals surface area contributed by atoms with Gasteiger partial charge < -0.3 is 14.7 Å². The van der Waals surface area contributed by atoms with Crippen LogP contribution in [0, 0.1) is 18.8 Å². The number of hydrogen-bond acceptors (Lipinski definition) is 3. The van der Waals surface area contributed by atoms with Crippen LogP contribution in [0.3, 0.4) is 0 Å². The molecule has 3 fully saturated rings. The third-order valence-corrected chi connectivity index (χ3v) is 6.78. The first kappa shape index (κ1) is 18.3. The van der Waals surface area contributed by atoms with Crippen LogP contribution in [0.4, 0.5) is 5.69 Å². The molecular formula is C22H31N3O2. The topological polar surface area (TPSA) is 43.9 Å². The van der Waals surface area contributed by atoms with Crippen LogP contribution in [0.15, 0.2) is 24.3 Å². The second-order valence-electron chi connectivity index (χ2n) is 8.41. The van der Waals surface area contributed by atoms with Gasteiger partial charge in [-0.3, -0.25) is 9.59 Å². The Balaban J connectivity index is 1.32. The lowest BCUT2D eigenvalue weighted by atomic mass is 9.75. The highest BCUT2D eigenvalue weighted by atomic mass is 16.2. The lowest BCUT2D eigenvalue weighted by molar-refractivity contribution is -0.153. The molecule has 0 spiro atoms. The number of amides is 2. The van der Waals surface area contributed by atoms with Crippen molar-refractivity contribution in [1.29, 1.82) is 0 Å². The Morgan fingerprint density at radius 3 is 2.22 bits per heavy atom. The maximum absolute atomic E-state index is 12.8. The Bertz CT molecular complexity index is 697. The Hall–Kier alpha value is -2.04. The van der Waals surface area contributed by atoms with Crippen LogP contribution in [0.2, 0.25) is 0 Å². The summed E-state index contributed by atoms with van der Waals surface area (Å²) in [5, 5.41) is 0. The van der Waals surface area contributed by atoms with Crippen molar-refractivity contribution in [2.75, 3.05) is 44.2 Å². The number of likely N-dealkylation sites (tertiary alicyclic amines) is 1. The number of piperazine rings is 1. The Labute approximate surface area is 162 Å². The molecule has 0 radical (unpaired) electrons. The normalized spacial score (nSPS) is 25.9. The molecule has 0 aromatic heterocycles. The van der Waals surface area contributed by atoms with Crippen molar-refractivity contribution in [1.82, 2.24) is 9.80 Å². The first-order valence-electron chi connectivity index (χ1n) is 10.5. The molecule has 146 valence electrons. The van der Waals surface area contributed by atoms with E-state index in [2.05, 4.69) is 30.0 Å². The van der Waals surface area contributed by atoms with Gasteiger partial charge in [-0.25, -0.2) is 0 Å². The van der Waals surface area contributed by atoms with Gasteiger partial charge in [0.25, 0.3) is 0 Å². The van der Waals surface area contributed by atoms with E-state index in [9.17, 15) is 9.59 Å². The fraction of sp³-hybridized carbons (Fsp3) is 0.636. The molecule has 27 heavy (non-hydrogen) atoms. The molecule has 1 aromatic rings. The largest absolute Gasteiger partial charge is 0.368 e. The van der Waals surface area contributed by atoms with Gasteiger partial charge in [-0.1, -0.05) is 37.5 Å². The quantitative estimate of drug-likeness (QED) is 0.715. The zero-order chi connectivity index (χ0) is 18.8. The summed E-state index contributed by atoms with van der Waals surface area (Å²) in [6.45, 7) is 6.49. The molecule has 2 aliphatic heterocycles. The van der Waals surface area contributed by atoms with Crippen molar-refractivity contribution >= 4 is 17.5 Å². The van der Waals surface area contributed by atoms with E-state index < -0.39 is 0 Å². The zero-order valence-electron chi connectivity index (χ0n) is 16.4. The maximum atomic E-state index is 12.8. The fourth-order valence-electron chi connectivity index (χ4n) is 5.12. The zero-order valence-corrected chi connectivity index (χ0v) is 16.4. The summed E-state index contributed by atoms with van der Waals surface area (Å²) in [5.74, 6) is 0.815. The maximum Gasteiger partial charge on any atom is 0.312 e. The van der Waals surface area contributed by atoms with Crippen LogP contribution in [0.1, 0.15) is 37.7 Å². The number of fused-ring (bicyclic) bond motifs is 1. The summed E-state index contributed by atoms with van der Waals surface area (Å²) < 4.78 is 0. The number of piperidine rings is 1. The standard InChI is InChI=1S/C22H31N3O2/c1-17-6-2-5-9-20(17)23-12-14-24(15-13-23)21(26)22(27)25-11-10-18-7-3-4-8-19(18)16-25/h2,5-6,9,18-19H,3-4,7-8,10-16H2,1H3. The predicted octanol–water partition coefficient (Wildman–Crippen LogP) is 2.68. The van der Waals surface area contributed by atoms with Gasteiger partial charge >= 0.3 is 11.8 Å². The molecule has 0 bridgehead atoms. The molecule has 4 rings (SSSR count). The number of rotatable bonds is 1. The van der Waals surface area contributed by atoms with Crippen LogP contribution in [0.5, 0.6) is 0 Å². The second kappa shape index (κ2) is 7.91. The molecule has 1 aliphatic carbocycles. The number of anilines is 1. The highest BCUT2D eigenvalue weighted by molar-refractivity contribution is 6.35. The minimum atomic E-state index is -0.298. The van der Waals surface area contributed by atoms with Gasteiger partial charge in [0.1, 0.15) is 0 Å². The van der Waals surface area contributed by atoms with Crippen molar-refractivity contribution in [3.8, 4) is 0 Å². The van der Waals surface area contributed by atoms with E-state index in [1.807, 2.05) is 11.0 Å². The van der Waals surface area contributed by atoms with Crippen molar-refractivity contribution in [2.24, 2.45) is 11.8 Å². The molecule has 2 unspecified atom stereocenters. The smallest absolute Gasteiger partial charge is 0.312 e. The number of carbonyl (C=O) groups excluding carboxylic acids is 2. The lowest BCUT2D eigenvalue weighted by Crippen LogP contribution is -2.55.